The molecule has 4 aromatic rings. The Morgan fingerprint density at radius 1 is 0.750 bits per heavy atom. The van der Waals surface area contributed by atoms with Crippen molar-refractivity contribution in [2.75, 3.05) is 0 Å². The highest BCUT2D eigenvalue weighted by atomic mass is 79.9. The van der Waals surface area contributed by atoms with Crippen molar-refractivity contribution in [3.63, 3.8) is 0 Å². The molecule has 0 amide bonds. The lowest BCUT2D eigenvalue weighted by Crippen LogP contribution is -2.01. The number of allylic oxidation sites excluding steroid dienone is 1. The van der Waals surface area contributed by atoms with Gasteiger partial charge in [0.1, 0.15) is 12.4 Å². The Kier molecular flexibility index (Phi) is 5.53. The molecule has 32 heavy (non-hydrogen) atoms. The number of ether oxygens (including phenoxy) is 1. The van der Waals surface area contributed by atoms with Gasteiger partial charge in [-0.3, -0.25) is 9.59 Å². The van der Waals surface area contributed by atoms with E-state index in [-0.39, 0.29) is 17.1 Å². The predicted octanol–water partition coefficient (Wildman–Crippen LogP) is 7.41. The molecule has 0 spiro atoms. The second-order valence-corrected chi connectivity index (χ2v) is 9.21. The average Bonchev–Trinajstić information content (AvgIpc) is 3.04. The fraction of sp³-hybridized carbons (Fsp3) is 0.0370. The lowest BCUT2D eigenvalue weighted by Gasteiger charge is -2.13. The molecule has 0 heterocycles. The van der Waals surface area contributed by atoms with E-state index in [9.17, 15) is 9.59 Å². The molecule has 0 aliphatic heterocycles. The van der Waals surface area contributed by atoms with Crippen LogP contribution in [0.4, 0.5) is 0 Å². The van der Waals surface area contributed by atoms with Crippen LogP contribution >= 0.6 is 31.9 Å². The van der Waals surface area contributed by atoms with Crippen LogP contribution in [0, 0.1) is 0 Å². The lowest BCUT2D eigenvalue weighted by atomic mass is 10.1. The maximum atomic E-state index is 12.7. The van der Waals surface area contributed by atoms with E-state index in [0.717, 1.165) is 25.5 Å². The molecule has 3 nitrogen and oxygen atoms in total. The molecule has 1 aliphatic carbocycles. The Balaban J connectivity index is 1.42. The molecule has 0 atom stereocenters. The van der Waals surface area contributed by atoms with Gasteiger partial charge in [-0.05, 0) is 72.0 Å². The Morgan fingerprint density at radius 2 is 1.34 bits per heavy atom. The summed E-state index contributed by atoms with van der Waals surface area (Å²) in [5.74, 6) is 0.177. The Morgan fingerprint density at radius 3 is 2.03 bits per heavy atom. The van der Waals surface area contributed by atoms with Gasteiger partial charge in [-0.25, -0.2) is 0 Å². The van der Waals surface area contributed by atoms with Gasteiger partial charge in [-0.15, -0.1) is 0 Å². The highest BCUT2D eigenvalue weighted by molar-refractivity contribution is 9.11. The molecule has 0 fully saturated rings. The van der Waals surface area contributed by atoms with Crippen molar-refractivity contribution >= 4 is 60.3 Å². The zero-order chi connectivity index (χ0) is 22.2. The van der Waals surface area contributed by atoms with Crippen LogP contribution in [0.25, 0.3) is 16.8 Å². The standard InChI is InChI=1S/C27H16Br2O3/c28-23-13-16(12-22-25(30)20-10-3-4-11-21(20)26(22)31)14-24(29)27(23)32-15-18-8-5-7-17-6-1-2-9-19(17)18/h1-14H,15H2. The second-order valence-electron chi connectivity index (χ2n) is 7.50. The largest absolute Gasteiger partial charge is 0.487 e. The van der Waals surface area contributed by atoms with Gasteiger partial charge < -0.3 is 4.74 Å². The van der Waals surface area contributed by atoms with Crippen LogP contribution < -0.4 is 4.74 Å². The van der Waals surface area contributed by atoms with E-state index in [1.807, 2.05) is 30.3 Å². The van der Waals surface area contributed by atoms with E-state index in [2.05, 4.69) is 56.1 Å². The van der Waals surface area contributed by atoms with Crippen LogP contribution in [-0.2, 0) is 6.61 Å². The van der Waals surface area contributed by atoms with Crippen molar-refractivity contribution in [1.29, 1.82) is 0 Å². The zero-order valence-electron chi connectivity index (χ0n) is 16.8. The van der Waals surface area contributed by atoms with Crippen molar-refractivity contribution in [3.05, 3.63) is 116 Å². The number of rotatable bonds is 4. The Hall–Kier alpha value is -3.02. The third kappa shape index (κ3) is 3.72. The van der Waals surface area contributed by atoms with Gasteiger partial charge in [0.2, 0.25) is 0 Å². The first-order valence-corrected chi connectivity index (χ1v) is 11.6. The summed E-state index contributed by atoms with van der Waals surface area (Å²) in [5, 5.41) is 2.32. The summed E-state index contributed by atoms with van der Waals surface area (Å²) in [6.07, 6.45) is 1.63. The summed E-state index contributed by atoms with van der Waals surface area (Å²) < 4.78 is 7.59. The first-order valence-electron chi connectivity index (χ1n) is 10.0. The van der Waals surface area contributed by atoms with Gasteiger partial charge in [0, 0.05) is 11.1 Å². The van der Waals surface area contributed by atoms with Crippen molar-refractivity contribution in [1.82, 2.24) is 0 Å². The van der Waals surface area contributed by atoms with E-state index in [4.69, 9.17) is 4.74 Å². The number of hydrogen-bond acceptors (Lipinski definition) is 3. The zero-order valence-corrected chi connectivity index (χ0v) is 19.9. The highest BCUT2D eigenvalue weighted by Crippen LogP contribution is 2.37. The van der Waals surface area contributed by atoms with Crippen LogP contribution in [0.3, 0.4) is 0 Å². The SMILES string of the molecule is O=C1C(=Cc2cc(Br)c(OCc3cccc4ccccc34)c(Br)c2)C(=O)c2ccccc21. The maximum absolute atomic E-state index is 12.7. The smallest absolute Gasteiger partial charge is 0.197 e. The van der Waals surface area contributed by atoms with Gasteiger partial charge in [-0.2, -0.15) is 0 Å². The van der Waals surface area contributed by atoms with Crippen molar-refractivity contribution < 1.29 is 14.3 Å². The van der Waals surface area contributed by atoms with Crippen molar-refractivity contribution in [3.8, 4) is 5.75 Å². The molecule has 0 aromatic heterocycles. The highest BCUT2D eigenvalue weighted by Gasteiger charge is 2.32. The van der Waals surface area contributed by atoms with Crippen molar-refractivity contribution in [2.24, 2.45) is 0 Å². The van der Waals surface area contributed by atoms with Crippen LogP contribution in [0.1, 0.15) is 31.8 Å². The number of Topliss-reactive ketones (excluding diaryl/α,β-unsaturated/α-hetero) is 2. The van der Waals surface area contributed by atoms with Gasteiger partial charge in [0.15, 0.2) is 11.6 Å². The summed E-state index contributed by atoms with van der Waals surface area (Å²) >= 11 is 7.15. The van der Waals surface area contributed by atoms with Crippen LogP contribution in [0.15, 0.2) is 93.4 Å². The van der Waals surface area contributed by atoms with E-state index in [1.165, 1.54) is 5.39 Å². The fourth-order valence-electron chi connectivity index (χ4n) is 3.94. The summed E-state index contributed by atoms with van der Waals surface area (Å²) in [4.78, 5) is 25.4. The predicted molar refractivity (Wildman–Crippen MR) is 133 cm³/mol. The normalized spacial score (nSPS) is 12.9. The summed E-state index contributed by atoms with van der Waals surface area (Å²) in [6, 6.07) is 25.0. The quantitative estimate of drug-likeness (QED) is 0.197. The summed E-state index contributed by atoms with van der Waals surface area (Å²) in [5.41, 5.74) is 2.90. The molecule has 0 bridgehead atoms. The number of ketones is 2. The number of fused-ring (bicyclic) bond motifs is 2. The van der Waals surface area contributed by atoms with Gasteiger partial charge in [0.05, 0.1) is 14.5 Å². The maximum Gasteiger partial charge on any atom is 0.197 e. The molecule has 0 unspecified atom stereocenters. The molecule has 5 heteroatoms. The fourth-order valence-corrected chi connectivity index (χ4v) is 5.39. The second kappa shape index (κ2) is 8.49. The topological polar surface area (TPSA) is 43.4 Å². The molecule has 0 radical (unpaired) electrons. The molecular weight excluding hydrogens is 532 g/mol. The number of halogens is 2. The van der Waals surface area contributed by atoms with E-state index >= 15 is 0 Å². The Bertz CT molecular complexity index is 1370. The molecule has 4 aromatic carbocycles. The molecule has 5 rings (SSSR count). The number of carbonyl (C=O) groups excluding carboxylic acids is 2. The molecule has 0 N–H and O–H groups in total. The number of benzene rings is 4. The van der Waals surface area contributed by atoms with Gasteiger partial charge >= 0.3 is 0 Å². The minimum atomic E-state index is -0.242. The monoisotopic (exact) mass is 546 g/mol. The molecule has 156 valence electrons. The summed E-state index contributed by atoms with van der Waals surface area (Å²) in [7, 11) is 0. The minimum absolute atomic E-state index is 0.175. The molecule has 0 saturated heterocycles. The third-order valence-electron chi connectivity index (χ3n) is 5.49. The van der Waals surface area contributed by atoms with Gasteiger partial charge in [-0.1, -0.05) is 66.7 Å². The summed E-state index contributed by atoms with van der Waals surface area (Å²) in [6.45, 7) is 0.408. The van der Waals surface area contributed by atoms with E-state index < -0.39 is 0 Å². The van der Waals surface area contributed by atoms with Crippen LogP contribution in [0.5, 0.6) is 5.75 Å². The minimum Gasteiger partial charge on any atom is -0.487 e. The first-order chi connectivity index (χ1) is 15.5. The van der Waals surface area contributed by atoms with Gasteiger partial charge in [0.25, 0.3) is 0 Å². The number of hydrogen-bond donors (Lipinski definition) is 0. The molecular formula is C27H16Br2O3. The number of carbonyl (C=O) groups is 2. The average molecular weight is 548 g/mol. The lowest BCUT2D eigenvalue weighted by molar-refractivity contribution is 0.0990. The van der Waals surface area contributed by atoms with E-state index in [0.29, 0.717) is 23.5 Å². The molecule has 0 saturated carbocycles. The Labute approximate surface area is 202 Å². The van der Waals surface area contributed by atoms with Crippen molar-refractivity contribution in [2.45, 2.75) is 6.61 Å². The van der Waals surface area contributed by atoms with E-state index in [1.54, 1.807) is 30.3 Å². The molecule has 1 aliphatic rings. The van der Waals surface area contributed by atoms with Crippen LogP contribution in [0.2, 0.25) is 0 Å². The third-order valence-corrected chi connectivity index (χ3v) is 6.67. The first kappa shape index (κ1) is 20.9. The van der Waals surface area contributed by atoms with Crippen LogP contribution in [-0.4, -0.2) is 11.6 Å².